The summed E-state index contributed by atoms with van der Waals surface area (Å²) in [6, 6.07) is 9.50. The first kappa shape index (κ1) is 10.8. The number of rotatable bonds is 3. The van der Waals surface area contributed by atoms with E-state index >= 15 is 0 Å². The minimum Gasteiger partial charge on any atom is -0.255 e. The average molecular weight is 260 g/mol. The lowest BCUT2D eigenvalue weighted by Gasteiger charge is -2.03. The van der Waals surface area contributed by atoms with Crippen molar-refractivity contribution in [1.29, 1.82) is 0 Å². The van der Waals surface area contributed by atoms with Gasteiger partial charge >= 0.3 is 4.87 Å². The summed E-state index contributed by atoms with van der Waals surface area (Å²) in [5.41, 5.74) is 2.35. The molecule has 0 saturated heterocycles. The lowest BCUT2D eigenvalue weighted by molar-refractivity contribution is 0.619. The number of hydrogen-bond donors (Lipinski definition) is 0. The van der Waals surface area contributed by atoms with Crippen LogP contribution in [0.3, 0.4) is 0 Å². The number of aromatic nitrogens is 6. The zero-order valence-electron chi connectivity index (χ0n) is 9.17. The van der Waals surface area contributed by atoms with Gasteiger partial charge in [-0.3, -0.25) is 4.79 Å². The summed E-state index contributed by atoms with van der Waals surface area (Å²) in [5, 5.41) is 15.4. The first-order chi connectivity index (χ1) is 8.84. The van der Waals surface area contributed by atoms with E-state index in [0.29, 0.717) is 5.82 Å². The van der Waals surface area contributed by atoms with E-state index in [-0.39, 0.29) is 11.4 Å². The second kappa shape index (κ2) is 4.49. The third-order valence-corrected chi connectivity index (χ3v) is 2.99. The third-order valence-electron chi connectivity index (χ3n) is 2.38. The number of tetrazole rings is 1. The molecule has 90 valence electrons. The molecule has 7 nitrogen and oxygen atoms in total. The molecule has 0 fully saturated rings. The molecule has 0 bridgehead atoms. The van der Waals surface area contributed by atoms with Gasteiger partial charge in [-0.1, -0.05) is 29.5 Å². The van der Waals surface area contributed by atoms with Gasteiger partial charge < -0.3 is 0 Å². The molecule has 18 heavy (non-hydrogen) atoms. The molecule has 0 spiro atoms. The van der Waals surface area contributed by atoms with Crippen molar-refractivity contribution in [2.75, 3.05) is 0 Å². The van der Waals surface area contributed by atoms with E-state index in [4.69, 9.17) is 0 Å². The van der Waals surface area contributed by atoms with Crippen LogP contribution < -0.4 is 4.87 Å². The molecular formula is C10H8N6OS. The van der Waals surface area contributed by atoms with Crippen molar-refractivity contribution < 1.29 is 0 Å². The molecule has 8 heteroatoms. The lowest BCUT2D eigenvalue weighted by Crippen LogP contribution is -2.18. The summed E-state index contributed by atoms with van der Waals surface area (Å²) in [6.07, 6.45) is 0. The molecule has 0 atom stereocenters. The normalized spacial score (nSPS) is 10.7. The summed E-state index contributed by atoms with van der Waals surface area (Å²) in [7, 11) is 0. The summed E-state index contributed by atoms with van der Waals surface area (Å²) in [6.45, 7) is 0.254. The van der Waals surface area contributed by atoms with Gasteiger partial charge in [0.25, 0.3) is 0 Å². The van der Waals surface area contributed by atoms with Gasteiger partial charge in [-0.05, 0) is 22.6 Å². The van der Waals surface area contributed by atoms with Crippen molar-refractivity contribution >= 4 is 11.3 Å². The maximum Gasteiger partial charge on any atom is 0.325 e. The van der Waals surface area contributed by atoms with Crippen LogP contribution in [0.1, 0.15) is 5.82 Å². The minimum absolute atomic E-state index is 0.127. The van der Waals surface area contributed by atoms with Crippen LogP contribution in [-0.2, 0) is 6.54 Å². The van der Waals surface area contributed by atoms with Gasteiger partial charge in [0.05, 0.1) is 5.69 Å². The first-order valence-electron chi connectivity index (χ1n) is 5.18. The zero-order chi connectivity index (χ0) is 12.4. The predicted octanol–water partition coefficient (Wildman–Crippen LogP) is 0.329. The fourth-order valence-corrected chi connectivity index (χ4v) is 2.03. The Hall–Kier alpha value is -2.35. The molecule has 0 N–H and O–H groups in total. The lowest BCUT2D eigenvalue weighted by atomic mass is 10.3. The van der Waals surface area contributed by atoms with E-state index < -0.39 is 0 Å². The molecule has 0 aliphatic carbocycles. The highest BCUT2D eigenvalue weighted by Crippen LogP contribution is 2.07. The van der Waals surface area contributed by atoms with Gasteiger partial charge in [-0.25, -0.2) is 4.68 Å². The fourth-order valence-electron chi connectivity index (χ4n) is 1.55. The Kier molecular flexibility index (Phi) is 2.69. The van der Waals surface area contributed by atoms with Gasteiger partial charge in [0.1, 0.15) is 12.1 Å². The topological polar surface area (TPSA) is 78.5 Å². The maximum atomic E-state index is 11.4. The van der Waals surface area contributed by atoms with Gasteiger partial charge in [-0.2, -0.15) is 9.78 Å². The van der Waals surface area contributed by atoms with Crippen LogP contribution in [0.4, 0.5) is 0 Å². The second-order valence-electron chi connectivity index (χ2n) is 3.50. The van der Waals surface area contributed by atoms with E-state index in [2.05, 4.69) is 20.6 Å². The molecule has 0 aliphatic rings. The predicted molar refractivity (Wildman–Crippen MR) is 64.6 cm³/mol. The second-order valence-corrected chi connectivity index (χ2v) is 4.30. The van der Waals surface area contributed by atoms with Crippen molar-refractivity contribution in [2.24, 2.45) is 0 Å². The van der Waals surface area contributed by atoms with Crippen LogP contribution in [0.15, 0.2) is 40.6 Å². The Morgan fingerprint density at radius 3 is 2.78 bits per heavy atom. The van der Waals surface area contributed by atoms with Crippen LogP contribution >= 0.6 is 11.3 Å². The van der Waals surface area contributed by atoms with E-state index in [1.54, 1.807) is 4.68 Å². The van der Waals surface area contributed by atoms with Crippen molar-refractivity contribution in [1.82, 2.24) is 30.0 Å². The average Bonchev–Trinajstić information content (AvgIpc) is 3.01. The van der Waals surface area contributed by atoms with Crippen LogP contribution in [0.5, 0.6) is 0 Å². The smallest absolute Gasteiger partial charge is 0.255 e. The fraction of sp³-hybridized carbons (Fsp3) is 0.100. The Morgan fingerprint density at radius 1 is 1.22 bits per heavy atom. The first-order valence-corrected chi connectivity index (χ1v) is 6.06. The SMILES string of the molecule is O=c1scnn1Cc1nnnn1-c1ccccc1. The standard InChI is InChI=1S/C10H8N6OS/c17-10-15(11-7-18-10)6-9-12-13-14-16(9)8-4-2-1-3-5-8/h1-5,7H,6H2. The highest BCUT2D eigenvalue weighted by atomic mass is 32.1. The molecule has 2 heterocycles. The van der Waals surface area contributed by atoms with E-state index in [9.17, 15) is 4.79 Å². The maximum absolute atomic E-state index is 11.4. The largest absolute Gasteiger partial charge is 0.325 e. The van der Waals surface area contributed by atoms with Gasteiger partial charge in [-0.15, -0.1) is 5.10 Å². The van der Waals surface area contributed by atoms with Crippen molar-refractivity contribution in [2.45, 2.75) is 6.54 Å². The van der Waals surface area contributed by atoms with Crippen molar-refractivity contribution in [3.63, 3.8) is 0 Å². The quantitative estimate of drug-likeness (QED) is 0.678. The highest BCUT2D eigenvalue weighted by molar-refractivity contribution is 7.06. The van der Waals surface area contributed by atoms with Gasteiger partial charge in [0.15, 0.2) is 5.82 Å². The molecule has 0 unspecified atom stereocenters. The summed E-state index contributed by atoms with van der Waals surface area (Å²) >= 11 is 1.05. The third kappa shape index (κ3) is 1.93. The zero-order valence-corrected chi connectivity index (χ0v) is 9.99. The minimum atomic E-state index is -0.127. The molecule has 0 saturated carbocycles. The van der Waals surface area contributed by atoms with Crippen LogP contribution in [0.25, 0.3) is 5.69 Å². The Labute approximate surface area is 105 Å². The Balaban J connectivity index is 1.98. The van der Waals surface area contributed by atoms with Crippen LogP contribution in [-0.4, -0.2) is 30.0 Å². The van der Waals surface area contributed by atoms with Crippen LogP contribution in [0, 0.1) is 0 Å². The molecule has 2 aromatic heterocycles. The van der Waals surface area contributed by atoms with E-state index in [1.807, 2.05) is 30.3 Å². The summed E-state index contributed by atoms with van der Waals surface area (Å²) < 4.78 is 2.92. The van der Waals surface area contributed by atoms with E-state index in [1.165, 1.54) is 10.2 Å². The number of hydrogen-bond acceptors (Lipinski definition) is 6. The molecule has 0 amide bonds. The molecule has 1 aromatic carbocycles. The molecule has 0 radical (unpaired) electrons. The highest BCUT2D eigenvalue weighted by Gasteiger charge is 2.10. The van der Waals surface area contributed by atoms with Crippen LogP contribution in [0.2, 0.25) is 0 Å². The molecular weight excluding hydrogens is 252 g/mol. The molecule has 3 rings (SSSR count). The monoisotopic (exact) mass is 260 g/mol. The molecule has 3 aromatic rings. The Morgan fingerprint density at radius 2 is 2.06 bits per heavy atom. The number of nitrogens with zero attached hydrogens (tertiary/aromatic N) is 6. The van der Waals surface area contributed by atoms with Crippen molar-refractivity contribution in [3.05, 3.63) is 51.3 Å². The summed E-state index contributed by atoms with van der Waals surface area (Å²) in [5.74, 6) is 0.564. The Bertz CT molecular complexity index is 700. The van der Waals surface area contributed by atoms with E-state index in [0.717, 1.165) is 17.0 Å². The number of para-hydroxylation sites is 1. The number of benzene rings is 1. The summed E-state index contributed by atoms with van der Waals surface area (Å²) in [4.78, 5) is 11.3. The van der Waals surface area contributed by atoms with Gasteiger partial charge in [0.2, 0.25) is 0 Å². The van der Waals surface area contributed by atoms with Gasteiger partial charge in [0, 0.05) is 0 Å². The molecule has 0 aliphatic heterocycles. The van der Waals surface area contributed by atoms with Crippen molar-refractivity contribution in [3.8, 4) is 5.69 Å².